The van der Waals surface area contributed by atoms with Gasteiger partial charge in [-0.25, -0.2) is 0 Å². The van der Waals surface area contributed by atoms with Crippen molar-refractivity contribution in [3.05, 3.63) is 53.9 Å². The van der Waals surface area contributed by atoms with Gasteiger partial charge < -0.3 is 11.1 Å². The summed E-state index contributed by atoms with van der Waals surface area (Å²) in [5.41, 5.74) is 6.98. The van der Waals surface area contributed by atoms with Crippen molar-refractivity contribution in [1.29, 1.82) is 0 Å². The van der Waals surface area contributed by atoms with Crippen molar-refractivity contribution < 1.29 is 13.2 Å². The normalized spacial score (nSPS) is 11.3. The summed E-state index contributed by atoms with van der Waals surface area (Å²) >= 11 is 0. The van der Waals surface area contributed by atoms with Crippen LogP contribution >= 0.6 is 0 Å². The quantitative estimate of drug-likeness (QED) is 0.897. The summed E-state index contributed by atoms with van der Waals surface area (Å²) in [5.74, 6) is 0. The van der Waals surface area contributed by atoms with Gasteiger partial charge in [-0.1, -0.05) is 12.1 Å². The highest BCUT2D eigenvalue weighted by molar-refractivity contribution is 5.64. The molecule has 0 bridgehead atoms. The van der Waals surface area contributed by atoms with Gasteiger partial charge >= 0.3 is 6.18 Å². The topological polar surface area (TPSA) is 50.9 Å². The summed E-state index contributed by atoms with van der Waals surface area (Å²) in [6.07, 6.45) is -1.21. The Hall–Kier alpha value is -2.24. The number of anilines is 2. The Morgan fingerprint density at radius 1 is 1.11 bits per heavy atom. The molecule has 0 spiro atoms. The van der Waals surface area contributed by atoms with Crippen molar-refractivity contribution in [1.82, 2.24) is 4.98 Å². The molecule has 0 saturated carbocycles. The summed E-state index contributed by atoms with van der Waals surface area (Å²) in [4.78, 5) is 3.85. The third-order valence-electron chi connectivity index (χ3n) is 2.62. The maximum atomic E-state index is 12.4. The second-order valence-electron chi connectivity index (χ2n) is 4.01. The van der Waals surface area contributed by atoms with Crippen molar-refractivity contribution in [2.24, 2.45) is 0 Å². The highest BCUT2D eigenvalue weighted by Crippen LogP contribution is 2.29. The minimum atomic E-state index is -4.30. The van der Waals surface area contributed by atoms with Gasteiger partial charge in [-0.2, -0.15) is 13.2 Å². The van der Waals surface area contributed by atoms with Gasteiger partial charge in [-0.05, 0) is 23.8 Å². The first-order valence-corrected chi connectivity index (χ1v) is 5.56. The van der Waals surface area contributed by atoms with Crippen molar-refractivity contribution in [2.45, 2.75) is 12.7 Å². The molecule has 2 rings (SSSR count). The molecule has 0 saturated heterocycles. The lowest BCUT2D eigenvalue weighted by Gasteiger charge is -2.10. The lowest BCUT2D eigenvalue weighted by Crippen LogP contribution is -2.06. The molecule has 1 aromatic carbocycles. The highest BCUT2D eigenvalue weighted by Gasteiger charge is 2.29. The number of aromatic nitrogens is 1. The SMILES string of the molecule is Nc1cnccc1NCc1ccc(C(F)(F)F)cc1. The first-order chi connectivity index (χ1) is 8.97. The molecule has 6 heteroatoms. The number of nitrogens with zero attached hydrogens (tertiary/aromatic N) is 1. The van der Waals surface area contributed by atoms with Gasteiger partial charge in [0.05, 0.1) is 23.1 Å². The van der Waals surface area contributed by atoms with Gasteiger partial charge in [0.1, 0.15) is 0 Å². The molecule has 0 fully saturated rings. The molecule has 0 aliphatic rings. The predicted octanol–water partition coefficient (Wildman–Crippen LogP) is 3.29. The number of nitrogen functional groups attached to an aromatic ring is 1. The molecule has 0 radical (unpaired) electrons. The van der Waals surface area contributed by atoms with Gasteiger partial charge in [-0.3, -0.25) is 4.98 Å². The van der Waals surface area contributed by atoms with E-state index in [1.54, 1.807) is 12.3 Å². The molecule has 3 N–H and O–H groups in total. The zero-order chi connectivity index (χ0) is 13.9. The standard InChI is InChI=1S/C13H12F3N3/c14-13(15,16)10-3-1-9(2-4-10)7-19-12-5-6-18-8-11(12)17/h1-6,8H,7,17H2,(H,18,19). The number of hydrogen-bond donors (Lipinski definition) is 2. The summed E-state index contributed by atoms with van der Waals surface area (Å²) in [6.45, 7) is 0.395. The Labute approximate surface area is 108 Å². The van der Waals surface area contributed by atoms with Crippen LogP contribution in [0.15, 0.2) is 42.7 Å². The van der Waals surface area contributed by atoms with E-state index in [9.17, 15) is 13.2 Å². The van der Waals surface area contributed by atoms with Gasteiger partial charge in [0.15, 0.2) is 0 Å². The monoisotopic (exact) mass is 267 g/mol. The van der Waals surface area contributed by atoms with E-state index in [2.05, 4.69) is 10.3 Å². The second-order valence-corrected chi connectivity index (χ2v) is 4.01. The van der Waals surface area contributed by atoms with Crippen LogP contribution in [0, 0.1) is 0 Å². The van der Waals surface area contributed by atoms with Crippen LogP contribution in [-0.2, 0) is 12.7 Å². The fourth-order valence-corrected chi connectivity index (χ4v) is 1.58. The number of pyridine rings is 1. The maximum Gasteiger partial charge on any atom is 0.416 e. The molecular weight excluding hydrogens is 255 g/mol. The summed E-state index contributed by atoms with van der Waals surface area (Å²) in [6, 6.07) is 6.71. The first-order valence-electron chi connectivity index (χ1n) is 5.56. The van der Waals surface area contributed by atoms with E-state index in [0.717, 1.165) is 17.7 Å². The number of nitrogens with two attached hydrogens (primary N) is 1. The van der Waals surface area contributed by atoms with Crippen LogP contribution in [0.1, 0.15) is 11.1 Å². The van der Waals surface area contributed by atoms with E-state index in [0.29, 0.717) is 17.9 Å². The van der Waals surface area contributed by atoms with E-state index >= 15 is 0 Å². The van der Waals surface area contributed by atoms with Gasteiger partial charge in [0, 0.05) is 12.7 Å². The fraction of sp³-hybridized carbons (Fsp3) is 0.154. The minimum Gasteiger partial charge on any atom is -0.396 e. The van der Waals surface area contributed by atoms with E-state index in [1.165, 1.54) is 18.3 Å². The Bertz CT molecular complexity index is 550. The van der Waals surface area contributed by atoms with Crippen LogP contribution in [0.5, 0.6) is 0 Å². The van der Waals surface area contributed by atoms with Crippen LogP contribution in [0.4, 0.5) is 24.5 Å². The molecular formula is C13H12F3N3. The lowest BCUT2D eigenvalue weighted by atomic mass is 10.1. The number of halogens is 3. The Morgan fingerprint density at radius 3 is 2.37 bits per heavy atom. The molecule has 100 valence electrons. The van der Waals surface area contributed by atoms with Crippen molar-refractivity contribution in [2.75, 3.05) is 11.1 Å². The molecule has 0 atom stereocenters. The van der Waals surface area contributed by atoms with Gasteiger partial charge in [-0.15, -0.1) is 0 Å². The van der Waals surface area contributed by atoms with Gasteiger partial charge in [0.2, 0.25) is 0 Å². The predicted molar refractivity (Wildman–Crippen MR) is 67.4 cm³/mol. The second kappa shape index (κ2) is 5.17. The summed E-state index contributed by atoms with van der Waals surface area (Å²) in [7, 11) is 0. The average molecular weight is 267 g/mol. The highest BCUT2D eigenvalue weighted by atomic mass is 19.4. The largest absolute Gasteiger partial charge is 0.416 e. The average Bonchev–Trinajstić information content (AvgIpc) is 2.37. The van der Waals surface area contributed by atoms with E-state index in [-0.39, 0.29) is 0 Å². The summed E-state index contributed by atoms with van der Waals surface area (Å²) in [5, 5.41) is 3.04. The summed E-state index contributed by atoms with van der Waals surface area (Å²) < 4.78 is 37.2. The smallest absolute Gasteiger partial charge is 0.396 e. The number of nitrogens with one attached hydrogen (secondary N) is 1. The number of benzene rings is 1. The zero-order valence-corrected chi connectivity index (χ0v) is 9.91. The van der Waals surface area contributed by atoms with E-state index < -0.39 is 11.7 Å². The van der Waals surface area contributed by atoms with Crippen molar-refractivity contribution in [3.63, 3.8) is 0 Å². The molecule has 0 aliphatic heterocycles. The molecule has 0 aliphatic carbocycles. The van der Waals surface area contributed by atoms with Crippen LogP contribution in [0.25, 0.3) is 0 Å². The van der Waals surface area contributed by atoms with E-state index in [4.69, 9.17) is 5.73 Å². The number of alkyl halides is 3. The number of hydrogen-bond acceptors (Lipinski definition) is 3. The molecule has 0 unspecified atom stereocenters. The van der Waals surface area contributed by atoms with E-state index in [1.807, 2.05) is 0 Å². The van der Waals surface area contributed by atoms with Gasteiger partial charge in [0.25, 0.3) is 0 Å². The van der Waals surface area contributed by atoms with Crippen molar-refractivity contribution >= 4 is 11.4 Å². The molecule has 1 heterocycles. The van der Waals surface area contributed by atoms with Crippen LogP contribution in [-0.4, -0.2) is 4.98 Å². The Morgan fingerprint density at radius 2 is 1.79 bits per heavy atom. The third-order valence-corrected chi connectivity index (χ3v) is 2.62. The molecule has 2 aromatic rings. The fourth-order valence-electron chi connectivity index (χ4n) is 1.58. The molecule has 1 aromatic heterocycles. The lowest BCUT2D eigenvalue weighted by molar-refractivity contribution is -0.137. The minimum absolute atomic E-state index is 0.395. The molecule has 3 nitrogen and oxygen atoms in total. The first kappa shape index (κ1) is 13.2. The van der Waals surface area contributed by atoms with Crippen LogP contribution in [0.3, 0.4) is 0 Å². The third kappa shape index (κ3) is 3.37. The molecule has 0 amide bonds. The van der Waals surface area contributed by atoms with Crippen LogP contribution in [0.2, 0.25) is 0 Å². The Kier molecular flexibility index (Phi) is 3.59. The van der Waals surface area contributed by atoms with Crippen molar-refractivity contribution in [3.8, 4) is 0 Å². The number of rotatable bonds is 3. The Balaban J connectivity index is 2.03. The van der Waals surface area contributed by atoms with Crippen LogP contribution < -0.4 is 11.1 Å². The molecule has 19 heavy (non-hydrogen) atoms. The maximum absolute atomic E-state index is 12.4. The zero-order valence-electron chi connectivity index (χ0n) is 9.91.